The minimum atomic E-state index is -0.313. The van der Waals surface area contributed by atoms with Crippen LogP contribution < -0.4 is 15.4 Å². The van der Waals surface area contributed by atoms with Gasteiger partial charge in [-0.2, -0.15) is 6.92 Å². The van der Waals surface area contributed by atoms with Crippen molar-refractivity contribution < 1.29 is 13.9 Å². The van der Waals surface area contributed by atoms with Crippen LogP contribution in [0.3, 0.4) is 0 Å². The van der Waals surface area contributed by atoms with Gasteiger partial charge in [0.1, 0.15) is 17.7 Å². The summed E-state index contributed by atoms with van der Waals surface area (Å²) < 4.78 is 20.7. The van der Waals surface area contributed by atoms with Gasteiger partial charge < -0.3 is 20.3 Å². The first-order valence-corrected chi connectivity index (χ1v) is 10.1. The molecule has 0 aromatic heterocycles. The van der Waals surface area contributed by atoms with Crippen LogP contribution in [-0.4, -0.2) is 44.0 Å². The number of aryl methyl sites for hydroxylation is 1. The van der Waals surface area contributed by atoms with Crippen LogP contribution in [0.15, 0.2) is 42.5 Å². The summed E-state index contributed by atoms with van der Waals surface area (Å²) in [6.45, 7) is 7.31. The molecular formula is C23H29FLrN3O2-. The molecule has 1 heterocycles. The molecule has 1 amide bonds. The summed E-state index contributed by atoms with van der Waals surface area (Å²) in [5, 5.41) is 5.96. The van der Waals surface area contributed by atoms with Gasteiger partial charge in [-0.3, -0.25) is 4.79 Å². The summed E-state index contributed by atoms with van der Waals surface area (Å²) >= 11 is 0. The molecule has 0 aliphatic carbocycles. The van der Waals surface area contributed by atoms with Crippen molar-refractivity contribution in [2.45, 2.75) is 26.4 Å². The van der Waals surface area contributed by atoms with Crippen LogP contribution in [0.4, 0.5) is 4.39 Å². The van der Waals surface area contributed by atoms with Gasteiger partial charge in [0.25, 0.3) is 5.91 Å². The van der Waals surface area contributed by atoms with E-state index in [1.54, 1.807) is 37.4 Å². The summed E-state index contributed by atoms with van der Waals surface area (Å²) in [7, 11) is 1.60. The number of rotatable bonds is 7. The number of nitrogens with one attached hydrogen (secondary N) is 2. The molecule has 0 spiro atoms. The van der Waals surface area contributed by atoms with Crippen LogP contribution in [0.2, 0.25) is 0 Å². The quantitative estimate of drug-likeness (QED) is 0.448. The number of nitrogens with zero attached hydrogens (tertiary/aromatic N) is 1. The number of hydrogen-bond donors (Lipinski definition) is 2. The van der Waals surface area contributed by atoms with Crippen molar-refractivity contribution in [3.05, 3.63) is 71.0 Å². The Morgan fingerprint density at radius 1 is 1.30 bits per heavy atom. The Morgan fingerprint density at radius 3 is 2.63 bits per heavy atom. The van der Waals surface area contributed by atoms with Crippen molar-refractivity contribution in [1.82, 2.24) is 15.5 Å². The molecule has 2 N–H and O–H groups in total. The fourth-order valence-electron chi connectivity index (χ4n) is 3.54. The first-order chi connectivity index (χ1) is 14.0. The molecule has 1 unspecified atom stereocenters. The molecule has 1 aliphatic heterocycles. The molecule has 1 fully saturated rings. The van der Waals surface area contributed by atoms with Crippen molar-refractivity contribution in [3.8, 4) is 5.75 Å². The number of halogens is 1. The molecule has 1 atom stereocenters. The van der Waals surface area contributed by atoms with Gasteiger partial charge in [-0.1, -0.05) is 19.1 Å². The average molecular weight is 661 g/mol. The Kier molecular flexibility index (Phi) is 7.90. The monoisotopic (exact) mass is 660 g/mol. The molecule has 1 radical (unpaired) electrons. The van der Waals surface area contributed by atoms with E-state index in [-0.39, 0.29) is 17.8 Å². The van der Waals surface area contributed by atoms with Crippen molar-refractivity contribution in [2.75, 3.05) is 33.2 Å². The van der Waals surface area contributed by atoms with Crippen molar-refractivity contribution >= 4 is 5.91 Å². The molecule has 30 heavy (non-hydrogen) atoms. The van der Waals surface area contributed by atoms with E-state index in [9.17, 15) is 9.18 Å². The van der Waals surface area contributed by atoms with Crippen molar-refractivity contribution in [3.63, 3.8) is 0 Å². The molecule has 0 bridgehead atoms. The van der Waals surface area contributed by atoms with Gasteiger partial charge in [0.05, 0.1) is 0 Å². The molecule has 1 saturated heterocycles. The predicted molar refractivity (Wildman–Crippen MR) is 112 cm³/mol. The van der Waals surface area contributed by atoms with Crippen molar-refractivity contribution in [1.29, 1.82) is 0 Å². The summed E-state index contributed by atoms with van der Waals surface area (Å²) in [6.07, 6.45) is 0.344. The summed E-state index contributed by atoms with van der Waals surface area (Å²) in [5.41, 5.74) is 2.09. The topological polar surface area (TPSA) is 53.6 Å². The summed E-state index contributed by atoms with van der Waals surface area (Å²) in [6, 6.07) is 13.6. The third-order valence-corrected chi connectivity index (χ3v) is 5.19. The maximum atomic E-state index is 14.4. The molecule has 3 rings (SSSR count). The maximum Gasteiger partial charge on any atom is 0.251 e. The third-order valence-electron chi connectivity index (χ3n) is 5.19. The molecule has 5 nitrogen and oxygen atoms in total. The van der Waals surface area contributed by atoms with Gasteiger partial charge in [-0.05, 0) is 54.4 Å². The predicted octanol–water partition coefficient (Wildman–Crippen LogP) is 3.32. The van der Waals surface area contributed by atoms with E-state index in [1.165, 1.54) is 6.04 Å². The van der Waals surface area contributed by atoms with Crippen LogP contribution >= 0.6 is 0 Å². The number of piperazine rings is 1. The smallest absolute Gasteiger partial charge is 0.251 e. The first-order valence-electron chi connectivity index (χ1n) is 10.1. The average Bonchev–Trinajstić information content (AvgIpc) is 2.73. The van der Waals surface area contributed by atoms with Crippen LogP contribution in [-0.2, 0) is 6.42 Å². The standard InChI is InChI=1S/C23H29FN3O2.Lr/c1-4-17-5-6-19(13-21(17)24)22(15-27-12-11-26-16(2)14-27)29-20-9-7-18(8-10-20)23(28)25-3;/h5-10,13,22,26H,4,11-12,14-15H2,1-3H3,(H,25,28);/q-1;. The minimum Gasteiger partial charge on any atom is -0.484 e. The van der Waals surface area contributed by atoms with E-state index in [1.807, 2.05) is 19.1 Å². The fraction of sp³-hybridized carbons (Fsp3) is 0.391. The zero-order valence-electron chi connectivity index (χ0n) is 17.6. The van der Waals surface area contributed by atoms with Gasteiger partial charge in [0.2, 0.25) is 0 Å². The fourth-order valence-corrected chi connectivity index (χ4v) is 3.54. The number of carbonyl (C=O) groups excluding carboxylic acids is 1. The number of benzene rings is 2. The molecule has 171 valence electrons. The Labute approximate surface area is 172 Å². The van der Waals surface area contributed by atoms with E-state index in [0.717, 1.165) is 25.2 Å². The molecular weight excluding hydrogens is 631 g/mol. The Morgan fingerprint density at radius 2 is 2.03 bits per heavy atom. The number of ether oxygens (including phenoxy) is 1. The molecule has 7 heteroatoms. The molecule has 0 saturated carbocycles. The largest absolute Gasteiger partial charge is 0.484 e. The van der Waals surface area contributed by atoms with Crippen LogP contribution in [0.1, 0.15) is 41.4 Å². The molecule has 2 aromatic carbocycles. The molecule has 1 aliphatic rings. The van der Waals surface area contributed by atoms with E-state index in [4.69, 9.17) is 4.74 Å². The van der Waals surface area contributed by atoms with Gasteiger partial charge in [0.15, 0.2) is 0 Å². The zero-order chi connectivity index (χ0) is 20.8. The summed E-state index contributed by atoms with van der Waals surface area (Å²) in [5.74, 6) is 0.312. The first kappa shape index (κ1) is 22.8. The Hall–Kier alpha value is -3.44. The normalized spacial score (nSPS) is 15.9. The van der Waals surface area contributed by atoms with E-state index < -0.39 is 0 Å². The Balaban J connectivity index is 0.00000320. The van der Waals surface area contributed by atoms with Crippen molar-refractivity contribution in [2.24, 2.45) is 0 Å². The summed E-state index contributed by atoms with van der Waals surface area (Å²) in [4.78, 5) is 14.1. The Bertz CT molecular complexity index is 832. The number of hydrogen-bond acceptors (Lipinski definition) is 4. The second kappa shape index (κ2) is 10.4. The maximum absolute atomic E-state index is 14.4. The second-order valence-electron chi connectivity index (χ2n) is 7.36. The van der Waals surface area contributed by atoms with E-state index >= 15 is 0 Å². The van der Waals surface area contributed by atoms with E-state index in [2.05, 4.69) is 22.5 Å². The van der Waals surface area contributed by atoms with Gasteiger partial charge in [-0.25, -0.2) is 10.4 Å². The van der Waals surface area contributed by atoms with E-state index in [0.29, 0.717) is 29.8 Å². The van der Waals surface area contributed by atoms with Gasteiger partial charge in [-0.15, -0.1) is 6.54 Å². The number of amides is 1. The zero-order valence-corrected chi connectivity index (χ0v) is 19.7. The third kappa shape index (κ3) is 5.55. The van der Waals surface area contributed by atoms with Crippen LogP contribution in [0.25, 0.3) is 0 Å². The number of carbonyl (C=O) groups is 1. The molecule has 2 aromatic rings. The SMILES string of the molecule is CCc1ccc(C(CN2CCN[C-](C)C2)Oc2ccc(C(=O)NC)cc2)cc1F.[Lr]. The van der Waals surface area contributed by atoms with Gasteiger partial charge >= 0.3 is 0 Å². The van der Waals surface area contributed by atoms with Crippen LogP contribution in [0.5, 0.6) is 5.75 Å². The van der Waals surface area contributed by atoms with Crippen LogP contribution in [0, 0.1) is 11.9 Å². The minimum absolute atomic E-state index is 0. The van der Waals surface area contributed by atoms with Gasteiger partial charge in [0, 0.05) is 25.7 Å². The second-order valence-corrected chi connectivity index (χ2v) is 7.36.